The van der Waals surface area contributed by atoms with Gasteiger partial charge in [0.25, 0.3) is 0 Å². The lowest BCUT2D eigenvalue weighted by molar-refractivity contribution is -0.103. The normalized spacial score (nSPS) is 27.2. The van der Waals surface area contributed by atoms with Crippen molar-refractivity contribution in [3.63, 3.8) is 0 Å². The Morgan fingerprint density at radius 2 is 2.17 bits per heavy atom. The van der Waals surface area contributed by atoms with Crippen LogP contribution >= 0.6 is 0 Å². The number of furan rings is 1. The van der Waals surface area contributed by atoms with E-state index in [9.17, 15) is 0 Å². The average Bonchev–Trinajstić information content (AvgIpc) is 3.26. The molecule has 2 aromatic rings. The summed E-state index contributed by atoms with van der Waals surface area (Å²) in [6.07, 6.45) is 7.40. The molecule has 24 heavy (non-hydrogen) atoms. The molecule has 0 unspecified atom stereocenters. The summed E-state index contributed by atoms with van der Waals surface area (Å²) in [5, 5.41) is 0. The molecule has 0 amide bonds. The second-order valence-electron chi connectivity index (χ2n) is 6.62. The minimum atomic E-state index is 0.207. The van der Waals surface area contributed by atoms with E-state index in [4.69, 9.17) is 13.9 Å². The third-order valence-electron chi connectivity index (χ3n) is 4.97. The number of ether oxygens (including phenoxy) is 2. The Hall–Kier alpha value is -1.69. The van der Waals surface area contributed by atoms with Crippen molar-refractivity contribution in [2.45, 2.75) is 50.7 Å². The Morgan fingerprint density at radius 3 is 3.00 bits per heavy atom. The Balaban J connectivity index is 1.23. The van der Waals surface area contributed by atoms with E-state index < -0.39 is 0 Å². The molecule has 0 aromatic carbocycles. The van der Waals surface area contributed by atoms with Gasteiger partial charge in [0.05, 0.1) is 43.9 Å². The van der Waals surface area contributed by atoms with Crippen molar-refractivity contribution >= 4 is 0 Å². The molecule has 3 atom stereocenters. The van der Waals surface area contributed by atoms with Crippen LogP contribution in [0.15, 0.2) is 47.2 Å². The number of pyridine rings is 1. The highest BCUT2D eigenvalue weighted by molar-refractivity contribution is 5.02. The van der Waals surface area contributed by atoms with E-state index in [1.165, 1.54) is 6.42 Å². The molecule has 4 rings (SSSR count). The zero-order valence-corrected chi connectivity index (χ0v) is 13.8. The fourth-order valence-electron chi connectivity index (χ4n) is 3.79. The molecule has 5 heteroatoms. The molecule has 2 aromatic heterocycles. The van der Waals surface area contributed by atoms with E-state index in [2.05, 4.69) is 9.88 Å². The van der Waals surface area contributed by atoms with Gasteiger partial charge in [0.1, 0.15) is 5.76 Å². The maximum atomic E-state index is 6.28. The maximum Gasteiger partial charge on any atom is 0.117 e. The van der Waals surface area contributed by atoms with Crippen molar-refractivity contribution in [2.24, 2.45) is 0 Å². The minimum absolute atomic E-state index is 0.207. The van der Waals surface area contributed by atoms with Crippen LogP contribution in [0.2, 0.25) is 0 Å². The van der Waals surface area contributed by atoms with Gasteiger partial charge in [-0.25, -0.2) is 0 Å². The van der Waals surface area contributed by atoms with Gasteiger partial charge in [0.2, 0.25) is 0 Å². The zero-order chi connectivity index (χ0) is 16.2. The molecule has 0 saturated carbocycles. The highest BCUT2D eigenvalue weighted by Gasteiger charge is 2.39. The highest BCUT2D eigenvalue weighted by atomic mass is 16.5. The van der Waals surface area contributed by atoms with Crippen LogP contribution in [-0.4, -0.2) is 41.3 Å². The van der Waals surface area contributed by atoms with Gasteiger partial charge in [0, 0.05) is 18.8 Å². The van der Waals surface area contributed by atoms with E-state index in [1.807, 2.05) is 30.3 Å². The minimum Gasteiger partial charge on any atom is -0.468 e. The fourth-order valence-corrected chi connectivity index (χ4v) is 3.79. The first-order chi connectivity index (χ1) is 11.9. The van der Waals surface area contributed by atoms with Gasteiger partial charge in [0.15, 0.2) is 0 Å². The van der Waals surface area contributed by atoms with E-state index in [1.54, 1.807) is 12.5 Å². The number of hydrogen-bond donors (Lipinski definition) is 0. The number of hydrogen-bond acceptors (Lipinski definition) is 5. The Kier molecular flexibility index (Phi) is 4.92. The summed E-state index contributed by atoms with van der Waals surface area (Å²) in [4.78, 5) is 6.77. The highest BCUT2D eigenvalue weighted by Crippen LogP contribution is 2.32. The summed E-state index contributed by atoms with van der Waals surface area (Å²) in [5.41, 5.74) is 0.969. The van der Waals surface area contributed by atoms with E-state index in [0.29, 0.717) is 25.4 Å². The predicted molar refractivity (Wildman–Crippen MR) is 89.3 cm³/mol. The molecular formula is C19H24N2O3. The Morgan fingerprint density at radius 1 is 1.17 bits per heavy atom. The molecular weight excluding hydrogens is 304 g/mol. The van der Waals surface area contributed by atoms with Gasteiger partial charge >= 0.3 is 0 Å². The van der Waals surface area contributed by atoms with Crippen LogP contribution in [0.3, 0.4) is 0 Å². The number of rotatable bonds is 6. The average molecular weight is 328 g/mol. The number of likely N-dealkylation sites (tertiary alicyclic amines) is 1. The van der Waals surface area contributed by atoms with Crippen molar-refractivity contribution in [1.29, 1.82) is 0 Å². The molecule has 128 valence electrons. The Bertz CT molecular complexity index is 617. The van der Waals surface area contributed by atoms with Crippen LogP contribution in [0.4, 0.5) is 0 Å². The van der Waals surface area contributed by atoms with Crippen molar-refractivity contribution < 1.29 is 13.9 Å². The molecule has 2 aliphatic heterocycles. The SMILES string of the molecule is c1ccc(COC[C@@H]2CC[C@@H]3[C@@H](CCN3Cc3ccco3)O2)nc1. The van der Waals surface area contributed by atoms with Crippen molar-refractivity contribution in [1.82, 2.24) is 9.88 Å². The van der Waals surface area contributed by atoms with Gasteiger partial charge in [-0.3, -0.25) is 9.88 Å². The second-order valence-corrected chi connectivity index (χ2v) is 6.62. The van der Waals surface area contributed by atoms with E-state index in [0.717, 1.165) is 37.4 Å². The molecule has 0 bridgehead atoms. The lowest BCUT2D eigenvalue weighted by Gasteiger charge is -2.35. The lowest BCUT2D eigenvalue weighted by Crippen LogP contribution is -2.43. The lowest BCUT2D eigenvalue weighted by atomic mass is 9.99. The van der Waals surface area contributed by atoms with Crippen molar-refractivity contribution in [3.8, 4) is 0 Å². The monoisotopic (exact) mass is 328 g/mol. The number of nitrogens with zero attached hydrogens (tertiary/aromatic N) is 2. The van der Waals surface area contributed by atoms with Crippen LogP contribution in [0.25, 0.3) is 0 Å². The molecule has 2 saturated heterocycles. The third kappa shape index (κ3) is 3.69. The smallest absolute Gasteiger partial charge is 0.117 e. The quantitative estimate of drug-likeness (QED) is 0.816. The van der Waals surface area contributed by atoms with Gasteiger partial charge in [-0.05, 0) is 43.5 Å². The van der Waals surface area contributed by atoms with Crippen molar-refractivity contribution in [2.75, 3.05) is 13.2 Å². The summed E-state index contributed by atoms with van der Waals surface area (Å²) in [6, 6.07) is 10.4. The first kappa shape index (κ1) is 15.8. The van der Waals surface area contributed by atoms with Gasteiger partial charge in [-0.2, -0.15) is 0 Å². The summed E-state index contributed by atoms with van der Waals surface area (Å²) < 4.78 is 17.6. The number of fused-ring (bicyclic) bond motifs is 1. The third-order valence-corrected chi connectivity index (χ3v) is 4.97. The standard InChI is InChI=1S/C19H24N2O3/c1-2-9-20-15(4-1)13-22-14-17-6-7-18-19(24-17)8-10-21(18)12-16-5-3-11-23-16/h1-5,9,11,17-19H,6-8,10,12-14H2/t17-,18+,19+/m0/s1. The van der Waals surface area contributed by atoms with E-state index >= 15 is 0 Å². The van der Waals surface area contributed by atoms with Gasteiger partial charge in [-0.15, -0.1) is 0 Å². The first-order valence-electron chi connectivity index (χ1n) is 8.78. The maximum absolute atomic E-state index is 6.28. The fraction of sp³-hybridized carbons (Fsp3) is 0.526. The topological polar surface area (TPSA) is 47.7 Å². The van der Waals surface area contributed by atoms with Crippen molar-refractivity contribution in [3.05, 3.63) is 54.2 Å². The molecule has 5 nitrogen and oxygen atoms in total. The Labute approximate surface area is 142 Å². The molecule has 4 heterocycles. The largest absolute Gasteiger partial charge is 0.468 e. The second kappa shape index (κ2) is 7.47. The molecule has 0 radical (unpaired) electrons. The molecule has 0 N–H and O–H groups in total. The van der Waals surface area contributed by atoms with Crippen LogP contribution in [0.1, 0.15) is 30.7 Å². The zero-order valence-electron chi connectivity index (χ0n) is 13.8. The predicted octanol–water partition coefficient (Wildman–Crippen LogP) is 3.01. The van der Waals surface area contributed by atoms with Gasteiger partial charge in [-0.1, -0.05) is 6.07 Å². The summed E-state index contributed by atoms with van der Waals surface area (Å²) in [6.45, 7) is 3.17. The summed E-state index contributed by atoms with van der Waals surface area (Å²) in [7, 11) is 0. The summed E-state index contributed by atoms with van der Waals surface area (Å²) >= 11 is 0. The van der Waals surface area contributed by atoms with Crippen LogP contribution in [-0.2, 0) is 22.6 Å². The number of aromatic nitrogens is 1. The molecule has 0 aliphatic carbocycles. The van der Waals surface area contributed by atoms with Crippen LogP contribution in [0.5, 0.6) is 0 Å². The molecule has 0 spiro atoms. The molecule has 2 aliphatic rings. The van der Waals surface area contributed by atoms with Gasteiger partial charge < -0.3 is 13.9 Å². The van der Waals surface area contributed by atoms with Crippen LogP contribution in [0, 0.1) is 0 Å². The molecule has 2 fully saturated rings. The van der Waals surface area contributed by atoms with Crippen LogP contribution < -0.4 is 0 Å². The summed E-state index contributed by atoms with van der Waals surface area (Å²) in [5.74, 6) is 1.04. The van der Waals surface area contributed by atoms with E-state index in [-0.39, 0.29) is 6.10 Å². The first-order valence-corrected chi connectivity index (χ1v) is 8.78.